The first-order chi connectivity index (χ1) is 19.1. The fourth-order valence-corrected chi connectivity index (χ4v) is 5.85. The molecule has 0 spiro atoms. The molecule has 0 aliphatic carbocycles. The average Bonchev–Trinajstić information content (AvgIpc) is 2.97. The summed E-state index contributed by atoms with van der Waals surface area (Å²) in [5, 5.41) is 3.53. The number of hydrogen-bond donors (Lipinski definition) is 1. The van der Waals surface area contributed by atoms with Gasteiger partial charge in [-0.2, -0.15) is 0 Å². The first-order valence-corrected chi connectivity index (χ1v) is 15.4. The predicted molar refractivity (Wildman–Crippen MR) is 161 cm³/mol. The minimum absolute atomic E-state index is 0.0685. The maximum atomic E-state index is 14.1. The maximum absolute atomic E-state index is 14.1. The Kier molecular flexibility index (Phi) is 11.2. The zero-order chi connectivity index (χ0) is 29.3. The molecule has 214 valence electrons. The van der Waals surface area contributed by atoms with Crippen molar-refractivity contribution in [3.05, 3.63) is 95.0 Å². The van der Waals surface area contributed by atoms with Crippen LogP contribution in [-0.2, 0) is 32.6 Å². The Morgan fingerprint density at radius 2 is 1.45 bits per heavy atom. The number of benzene rings is 3. The van der Waals surface area contributed by atoms with Crippen LogP contribution in [0.5, 0.6) is 0 Å². The largest absolute Gasteiger partial charge is 0.352 e. The van der Waals surface area contributed by atoms with Crippen molar-refractivity contribution >= 4 is 39.1 Å². The van der Waals surface area contributed by atoms with Crippen LogP contribution in [0.3, 0.4) is 0 Å². The summed E-state index contributed by atoms with van der Waals surface area (Å²) in [5.74, 6) is -0.760. The number of halogens is 1. The van der Waals surface area contributed by atoms with Gasteiger partial charge in [0.05, 0.1) is 10.6 Å². The number of aryl methyl sites for hydroxylation is 1. The van der Waals surface area contributed by atoms with Crippen molar-refractivity contribution in [2.75, 3.05) is 10.8 Å². The van der Waals surface area contributed by atoms with E-state index in [-0.39, 0.29) is 23.4 Å². The van der Waals surface area contributed by atoms with E-state index in [0.29, 0.717) is 17.1 Å². The number of carbonyl (C=O) groups excluding carboxylic acids is 2. The lowest BCUT2D eigenvalue weighted by molar-refractivity contribution is -0.140. The Morgan fingerprint density at radius 1 is 0.850 bits per heavy atom. The molecule has 1 N–H and O–H groups in total. The van der Waals surface area contributed by atoms with Gasteiger partial charge in [-0.1, -0.05) is 74.8 Å². The Morgan fingerprint density at radius 3 is 2.00 bits per heavy atom. The number of nitrogens with one attached hydrogen (secondary N) is 1. The van der Waals surface area contributed by atoms with Crippen LogP contribution in [0.15, 0.2) is 83.8 Å². The van der Waals surface area contributed by atoms with E-state index in [0.717, 1.165) is 28.3 Å². The molecule has 0 saturated heterocycles. The second-order valence-electron chi connectivity index (χ2n) is 9.73. The summed E-state index contributed by atoms with van der Waals surface area (Å²) in [7, 11) is -4.09. The van der Waals surface area contributed by atoms with Crippen molar-refractivity contribution in [3.63, 3.8) is 0 Å². The van der Waals surface area contributed by atoms with Crippen LogP contribution < -0.4 is 9.62 Å². The van der Waals surface area contributed by atoms with Gasteiger partial charge >= 0.3 is 0 Å². The van der Waals surface area contributed by atoms with Crippen LogP contribution in [0.1, 0.15) is 51.7 Å². The molecule has 0 radical (unpaired) electrons. The second kappa shape index (κ2) is 14.3. The Balaban J connectivity index is 2.04. The fourth-order valence-electron chi connectivity index (χ4n) is 4.29. The molecule has 0 bridgehead atoms. The van der Waals surface area contributed by atoms with Crippen LogP contribution in [0.2, 0.25) is 5.02 Å². The smallest absolute Gasteiger partial charge is 0.264 e. The highest BCUT2D eigenvalue weighted by molar-refractivity contribution is 7.92. The number of rotatable bonds is 13. The Hall–Kier alpha value is -3.36. The van der Waals surface area contributed by atoms with Crippen molar-refractivity contribution in [1.29, 1.82) is 0 Å². The van der Waals surface area contributed by atoms with Gasteiger partial charge in [0.25, 0.3) is 10.0 Å². The molecule has 40 heavy (non-hydrogen) atoms. The van der Waals surface area contributed by atoms with Crippen molar-refractivity contribution < 1.29 is 18.0 Å². The van der Waals surface area contributed by atoms with Crippen LogP contribution in [0.25, 0.3) is 0 Å². The molecule has 3 aromatic rings. The lowest BCUT2D eigenvalue weighted by Gasteiger charge is -2.33. The highest BCUT2D eigenvalue weighted by atomic mass is 35.5. The highest BCUT2D eigenvalue weighted by Gasteiger charge is 2.33. The molecule has 0 heterocycles. The van der Waals surface area contributed by atoms with E-state index in [2.05, 4.69) is 5.32 Å². The van der Waals surface area contributed by atoms with Gasteiger partial charge in [-0.25, -0.2) is 8.42 Å². The van der Waals surface area contributed by atoms with E-state index in [1.807, 2.05) is 39.8 Å². The van der Waals surface area contributed by atoms with Crippen molar-refractivity contribution in [2.45, 2.75) is 70.5 Å². The molecular formula is C31H38ClN3O4S. The van der Waals surface area contributed by atoms with E-state index < -0.39 is 28.5 Å². The van der Waals surface area contributed by atoms with E-state index >= 15 is 0 Å². The highest BCUT2D eigenvalue weighted by Crippen LogP contribution is 2.25. The molecule has 0 aromatic heterocycles. The van der Waals surface area contributed by atoms with E-state index in [1.54, 1.807) is 54.6 Å². The van der Waals surface area contributed by atoms with Crippen LogP contribution >= 0.6 is 11.6 Å². The Bertz CT molecular complexity index is 1360. The fraction of sp³-hybridized carbons (Fsp3) is 0.355. The third-order valence-corrected chi connectivity index (χ3v) is 8.94. The number of amides is 2. The monoisotopic (exact) mass is 583 g/mol. The molecule has 0 saturated carbocycles. The molecular weight excluding hydrogens is 546 g/mol. The molecule has 3 rings (SSSR count). The number of anilines is 1. The van der Waals surface area contributed by atoms with Gasteiger partial charge in [0.2, 0.25) is 11.8 Å². The molecule has 0 fully saturated rings. The maximum Gasteiger partial charge on any atom is 0.264 e. The summed E-state index contributed by atoms with van der Waals surface area (Å²) in [6, 6.07) is 21.4. The summed E-state index contributed by atoms with van der Waals surface area (Å²) in [5.41, 5.74) is 2.19. The van der Waals surface area contributed by atoms with Gasteiger partial charge in [-0.05, 0) is 73.7 Å². The van der Waals surface area contributed by atoms with Crippen molar-refractivity contribution in [1.82, 2.24) is 10.2 Å². The molecule has 9 heteroatoms. The Labute approximate surface area is 243 Å². The van der Waals surface area contributed by atoms with E-state index in [1.165, 1.54) is 17.0 Å². The van der Waals surface area contributed by atoms with Crippen molar-refractivity contribution in [3.8, 4) is 0 Å². The normalized spacial score (nSPS) is 12.8. The third-order valence-electron chi connectivity index (χ3n) is 6.90. The summed E-state index contributed by atoms with van der Waals surface area (Å²) in [6.07, 6.45) is 1.89. The molecule has 3 aromatic carbocycles. The topological polar surface area (TPSA) is 86.8 Å². The summed E-state index contributed by atoms with van der Waals surface area (Å²) >= 11 is 6.07. The summed E-state index contributed by atoms with van der Waals surface area (Å²) in [4.78, 5) is 28.9. The molecule has 0 aliphatic heterocycles. The van der Waals surface area contributed by atoms with Crippen LogP contribution in [0.4, 0.5) is 5.69 Å². The van der Waals surface area contributed by atoms with Crippen molar-refractivity contribution in [2.24, 2.45) is 0 Å². The van der Waals surface area contributed by atoms with Gasteiger partial charge in [0.15, 0.2) is 0 Å². The zero-order valence-electron chi connectivity index (χ0n) is 23.5. The number of hydrogen-bond acceptors (Lipinski definition) is 4. The lowest BCUT2D eigenvalue weighted by Crippen LogP contribution is -2.53. The first kappa shape index (κ1) is 31.2. The SMILES string of the molecule is CCc1ccc(N(CC(=O)N(Cc2ccc(Cl)cc2)[C@H](CC)C(=O)N[C@H](C)CC)S(=O)(=O)c2ccccc2)cc1. The summed E-state index contributed by atoms with van der Waals surface area (Å²) < 4.78 is 28.8. The van der Waals surface area contributed by atoms with Gasteiger partial charge in [0.1, 0.15) is 12.6 Å². The van der Waals surface area contributed by atoms with Crippen LogP contribution in [-0.4, -0.2) is 43.8 Å². The zero-order valence-corrected chi connectivity index (χ0v) is 25.1. The number of carbonyl (C=O) groups is 2. The van der Waals surface area contributed by atoms with Crippen LogP contribution in [0, 0.1) is 0 Å². The third kappa shape index (κ3) is 7.86. The average molecular weight is 584 g/mol. The molecule has 2 amide bonds. The first-order valence-electron chi connectivity index (χ1n) is 13.6. The molecule has 0 unspecified atom stereocenters. The standard InChI is InChI=1S/C31H38ClN3O4S/c1-5-23(4)33-31(37)29(7-3)34(21-25-13-17-26(32)18-14-25)30(36)22-35(27-19-15-24(6-2)16-20-27)40(38,39)28-11-9-8-10-12-28/h8-20,23,29H,5-7,21-22H2,1-4H3,(H,33,37)/t23-,29-/m1/s1. The van der Waals surface area contributed by atoms with E-state index in [9.17, 15) is 18.0 Å². The minimum Gasteiger partial charge on any atom is -0.352 e. The molecule has 2 atom stereocenters. The van der Waals surface area contributed by atoms with E-state index in [4.69, 9.17) is 11.6 Å². The second-order valence-corrected chi connectivity index (χ2v) is 12.0. The lowest BCUT2D eigenvalue weighted by atomic mass is 10.1. The molecule has 7 nitrogen and oxygen atoms in total. The van der Waals surface area contributed by atoms with Gasteiger partial charge in [0, 0.05) is 17.6 Å². The minimum atomic E-state index is -4.09. The van der Waals surface area contributed by atoms with Gasteiger partial charge in [-0.15, -0.1) is 0 Å². The number of nitrogens with zero attached hydrogens (tertiary/aromatic N) is 2. The van der Waals surface area contributed by atoms with Gasteiger partial charge in [-0.3, -0.25) is 13.9 Å². The quantitative estimate of drug-likeness (QED) is 0.275. The molecule has 0 aliphatic rings. The van der Waals surface area contributed by atoms with Gasteiger partial charge < -0.3 is 10.2 Å². The predicted octanol–water partition coefficient (Wildman–Crippen LogP) is 5.82. The summed E-state index contributed by atoms with van der Waals surface area (Å²) in [6.45, 7) is 7.38. The number of sulfonamides is 1.